The average molecular weight is 406 g/mol. The molecule has 1 aromatic heterocycles. The Balaban J connectivity index is 1.61. The standard InChI is InChI=1S/C23H17ClFN3O/c24-22-9-5-4-6-18(22)16-29-26-14-19-15-28(21-7-2-1-3-8-21)27-23(19)17-10-12-20(25)13-11-17/h1-15H,16H2/b26-14+. The molecule has 1 heterocycles. The van der Waals surface area contributed by atoms with Gasteiger partial charge in [-0.3, -0.25) is 0 Å². The summed E-state index contributed by atoms with van der Waals surface area (Å²) in [6, 6.07) is 23.4. The zero-order valence-electron chi connectivity index (χ0n) is 15.4. The molecule has 0 aliphatic carbocycles. The van der Waals surface area contributed by atoms with Gasteiger partial charge in [0, 0.05) is 27.9 Å². The largest absolute Gasteiger partial charge is 0.391 e. The molecule has 0 atom stereocenters. The predicted molar refractivity (Wildman–Crippen MR) is 113 cm³/mol. The van der Waals surface area contributed by atoms with Crippen LogP contribution in [-0.4, -0.2) is 16.0 Å². The molecule has 4 nitrogen and oxygen atoms in total. The van der Waals surface area contributed by atoms with Crippen LogP contribution >= 0.6 is 11.6 Å². The molecule has 4 aromatic rings. The lowest BCUT2D eigenvalue weighted by molar-refractivity contribution is 0.132. The van der Waals surface area contributed by atoms with Crippen LogP contribution in [0.15, 0.2) is 90.2 Å². The third-order valence-electron chi connectivity index (χ3n) is 4.33. The summed E-state index contributed by atoms with van der Waals surface area (Å²) in [7, 11) is 0. The van der Waals surface area contributed by atoms with E-state index < -0.39 is 0 Å². The zero-order valence-corrected chi connectivity index (χ0v) is 16.1. The first-order chi connectivity index (χ1) is 14.2. The van der Waals surface area contributed by atoms with E-state index in [4.69, 9.17) is 16.4 Å². The minimum Gasteiger partial charge on any atom is -0.391 e. The highest BCUT2D eigenvalue weighted by atomic mass is 35.5. The van der Waals surface area contributed by atoms with Gasteiger partial charge >= 0.3 is 0 Å². The second kappa shape index (κ2) is 8.71. The Morgan fingerprint density at radius 3 is 2.45 bits per heavy atom. The predicted octanol–water partition coefficient (Wildman–Crippen LogP) is 5.88. The van der Waals surface area contributed by atoms with Gasteiger partial charge in [0.05, 0.1) is 11.9 Å². The summed E-state index contributed by atoms with van der Waals surface area (Å²) in [5.41, 5.74) is 3.98. The molecule has 29 heavy (non-hydrogen) atoms. The fourth-order valence-corrected chi connectivity index (χ4v) is 3.03. The Hall–Kier alpha value is -3.44. The summed E-state index contributed by atoms with van der Waals surface area (Å²) < 4.78 is 15.1. The number of nitrogens with zero attached hydrogens (tertiary/aromatic N) is 3. The highest BCUT2D eigenvalue weighted by molar-refractivity contribution is 6.31. The molecule has 0 saturated heterocycles. The molecule has 0 unspecified atom stereocenters. The van der Waals surface area contributed by atoms with E-state index in [0.29, 0.717) is 10.7 Å². The fraction of sp³-hybridized carbons (Fsp3) is 0.0435. The quantitative estimate of drug-likeness (QED) is 0.296. The van der Waals surface area contributed by atoms with Crippen molar-refractivity contribution < 1.29 is 9.23 Å². The molecular weight excluding hydrogens is 389 g/mol. The van der Waals surface area contributed by atoms with E-state index in [2.05, 4.69) is 10.3 Å². The van der Waals surface area contributed by atoms with Crippen LogP contribution < -0.4 is 0 Å². The molecule has 0 aliphatic heterocycles. The molecule has 0 saturated carbocycles. The number of halogens is 2. The van der Waals surface area contributed by atoms with Gasteiger partial charge in [-0.25, -0.2) is 9.07 Å². The molecule has 4 rings (SSSR count). The van der Waals surface area contributed by atoms with Crippen molar-refractivity contribution in [2.45, 2.75) is 6.61 Å². The first-order valence-electron chi connectivity index (χ1n) is 9.00. The van der Waals surface area contributed by atoms with Gasteiger partial charge in [0.2, 0.25) is 0 Å². The van der Waals surface area contributed by atoms with E-state index in [1.165, 1.54) is 12.1 Å². The molecule has 0 spiro atoms. The van der Waals surface area contributed by atoms with Crippen molar-refractivity contribution in [3.8, 4) is 16.9 Å². The van der Waals surface area contributed by atoms with E-state index in [0.717, 1.165) is 22.4 Å². The Morgan fingerprint density at radius 1 is 0.966 bits per heavy atom. The van der Waals surface area contributed by atoms with Crippen LogP contribution in [0.2, 0.25) is 5.02 Å². The molecule has 0 amide bonds. The minimum atomic E-state index is -0.297. The van der Waals surface area contributed by atoms with Crippen molar-refractivity contribution in [1.29, 1.82) is 0 Å². The van der Waals surface area contributed by atoms with Crippen LogP contribution in [0.5, 0.6) is 0 Å². The normalized spacial score (nSPS) is 11.1. The summed E-state index contributed by atoms with van der Waals surface area (Å²) in [6.07, 6.45) is 3.46. The van der Waals surface area contributed by atoms with Crippen LogP contribution in [0.1, 0.15) is 11.1 Å². The Labute approximate surface area is 172 Å². The van der Waals surface area contributed by atoms with Crippen molar-refractivity contribution in [1.82, 2.24) is 9.78 Å². The summed E-state index contributed by atoms with van der Waals surface area (Å²) in [6.45, 7) is 0.259. The fourth-order valence-electron chi connectivity index (χ4n) is 2.84. The van der Waals surface area contributed by atoms with E-state index in [1.54, 1.807) is 29.1 Å². The number of aromatic nitrogens is 2. The second-order valence-corrected chi connectivity index (χ2v) is 6.73. The number of hydrogen-bond donors (Lipinski definition) is 0. The number of oxime groups is 1. The molecule has 3 aromatic carbocycles. The molecule has 6 heteroatoms. The first kappa shape index (κ1) is 18.9. The molecule has 144 valence electrons. The van der Waals surface area contributed by atoms with E-state index in [1.807, 2.05) is 54.7 Å². The molecule has 0 radical (unpaired) electrons. The SMILES string of the molecule is Fc1ccc(-c2nn(-c3ccccc3)cc2/C=N/OCc2ccccc2Cl)cc1. The average Bonchev–Trinajstić information content (AvgIpc) is 3.18. The van der Waals surface area contributed by atoms with Gasteiger partial charge in [-0.05, 0) is 42.5 Å². The molecule has 0 aliphatic rings. The zero-order chi connectivity index (χ0) is 20.1. The molecular formula is C23H17ClFN3O. The van der Waals surface area contributed by atoms with Crippen LogP contribution in [0.25, 0.3) is 16.9 Å². The molecule has 0 fully saturated rings. The summed E-state index contributed by atoms with van der Waals surface area (Å²) in [5, 5.41) is 9.37. The lowest BCUT2D eigenvalue weighted by atomic mass is 10.1. The number of rotatable bonds is 6. The maximum atomic E-state index is 13.3. The van der Waals surface area contributed by atoms with Crippen LogP contribution in [-0.2, 0) is 11.4 Å². The van der Waals surface area contributed by atoms with Crippen molar-refractivity contribution in [2.24, 2.45) is 5.16 Å². The van der Waals surface area contributed by atoms with Crippen LogP contribution in [0, 0.1) is 5.82 Å². The van der Waals surface area contributed by atoms with Crippen molar-refractivity contribution in [3.05, 3.63) is 107 Å². The smallest absolute Gasteiger partial charge is 0.143 e. The maximum absolute atomic E-state index is 13.3. The monoisotopic (exact) mass is 405 g/mol. The highest BCUT2D eigenvalue weighted by Crippen LogP contribution is 2.23. The molecule has 0 N–H and O–H groups in total. The van der Waals surface area contributed by atoms with Crippen LogP contribution in [0.4, 0.5) is 4.39 Å². The maximum Gasteiger partial charge on any atom is 0.143 e. The van der Waals surface area contributed by atoms with Crippen LogP contribution in [0.3, 0.4) is 0 Å². The Morgan fingerprint density at radius 2 is 1.69 bits per heavy atom. The third-order valence-corrected chi connectivity index (χ3v) is 4.69. The van der Waals surface area contributed by atoms with Gasteiger partial charge in [-0.15, -0.1) is 0 Å². The van der Waals surface area contributed by atoms with Gasteiger partial charge in [0.1, 0.15) is 18.1 Å². The number of para-hydroxylation sites is 1. The Kier molecular flexibility index (Phi) is 5.68. The summed E-state index contributed by atoms with van der Waals surface area (Å²) in [4.78, 5) is 5.42. The number of hydrogen-bond acceptors (Lipinski definition) is 3. The first-order valence-corrected chi connectivity index (χ1v) is 9.38. The van der Waals surface area contributed by atoms with Crippen molar-refractivity contribution >= 4 is 17.8 Å². The lowest BCUT2D eigenvalue weighted by Crippen LogP contribution is -1.94. The topological polar surface area (TPSA) is 39.4 Å². The van der Waals surface area contributed by atoms with Gasteiger partial charge in [0.25, 0.3) is 0 Å². The van der Waals surface area contributed by atoms with E-state index in [9.17, 15) is 4.39 Å². The van der Waals surface area contributed by atoms with Gasteiger partial charge in [-0.2, -0.15) is 5.10 Å². The number of benzene rings is 3. The van der Waals surface area contributed by atoms with Crippen molar-refractivity contribution in [3.63, 3.8) is 0 Å². The van der Waals surface area contributed by atoms with Gasteiger partial charge < -0.3 is 4.84 Å². The lowest BCUT2D eigenvalue weighted by Gasteiger charge is -2.02. The van der Waals surface area contributed by atoms with Crippen molar-refractivity contribution in [2.75, 3.05) is 0 Å². The minimum absolute atomic E-state index is 0.259. The molecule has 0 bridgehead atoms. The van der Waals surface area contributed by atoms with E-state index in [-0.39, 0.29) is 12.4 Å². The summed E-state index contributed by atoms with van der Waals surface area (Å²) >= 11 is 6.13. The highest BCUT2D eigenvalue weighted by Gasteiger charge is 2.11. The van der Waals surface area contributed by atoms with Gasteiger partial charge in [0.15, 0.2) is 0 Å². The Bertz CT molecular complexity index is 1120. The second-order valence-electron chi connectivity index (χ2n) is 6.32. The summed E-state index contributed by atoms with van der Waals surface area (Å²) in [5.74, 6) is -0.297. The van der Waals surface area contributed by atoms with E-state index >= 15 is 0 Å². The van der Waals surface area contributed by atoms with Gasteiger partial charge in [-0.1, -0.05) is 53.2 Å². The third kappa shape index (κ3) is 4.52.